The zero-order valence-corrected chi connectivity index (χ0v) is 18.5. The highest BCUT2D eigenvalue weighted by atomic mass is 35.5. The number of hydrogen-bond acceptors (Lipinski definition) is 5. The van der Waals surface area contributed by atoms with Crippen LogP contribution in [0, 0.1) is 0 Å². The number of carbonyl (C=O) groups is 1. The number of aryl methyl sites for hydroxylation is 3. The van der Waals surface area contributed by atoms with Crippen LogP contribution >= 0.6 is 11.6 Å². The number of para-hydroxylation sites is 1. The van der Waals surface area contributed by atoms with Crippen molar-refractivity contribution in [2.24, 2.45) is 7.05 Å². The number of carbonyl (C=O) groups excluding carboxylic acids is 1. The number of rotatable bonds is 5. The lowest BCUT2D eigenvalue weighted by Crippen LogP contribution is -2.48. The van der Waals surface area contributed by atoms with Gasteiger partial charge in [0.2, 0.25) is 5.91 Å². The number of anilines is 1. The Morgan fingerprint density at radius 3 is 2.69 bits per heavy atom. The fourth-order valence-corrected chi connectivity index (χ4v) is 4.24. The number of halogens is 1. The van der Waals surface area contributed by atoms with Gasteiger partial charge in [-0.25, -0.2) is 15.0 Å². The topological polar surface area (TPSA) is 75.9 Å². The first-order valence-electron chi connectivity index (χ1n) is 10.6. The molecule has 1 saturated heterocycles. The molecule has 0 saturated carbocycles. The monoisotopic (exact) mass is 446 g/mol. The van der Waals surface area contributed by atoms with E-state index in [-0.39, 0.29) is 12.5 Å². The summed E-state index contributed by atoms with van der Waals surface area (Å²) in [7, 11) is 2.00. The molecule has 1 aliphatic rings. The quantitative estimate of drug-likeness (QED) is 0.508. The van der Waals surface area contributed by atoms with Crippen molar-refractivity contribution in [2.75, 3.05) is 24.5 Å². The number of aromatic nitrogens is 4. The van der Waals surface area contributed by atoms with Gasteiger partial charge < -0.3 is 14.8 Å². The maximum atomic E-state index is 12.0. The van der Waals surface area contributed by atoms with Crippen LogP contribution in [0.25, 0.3) is 22.2 Å². The molecular formula is C24H23ClN6O. The molecule has 32 heavy (non-hydrogen) atoms. The molecule has 1 fully saturated rings. The molecule has 1 amide bonds. The second-order valence-corrected chi connectivity index (χ2v) is 8.30. The summed E-state index contributed by atoms with van der Waals surface area (Å²) in [6, 6.07) is 15.8. The molecule has 2 aromatic carbocycles. The fourth-order valence-electron chi connectivity index (χ4n) is 4.03. The predicted molar refractivity (Wildman–Crippen MR) is 126 cm³/mol. The minimum Gasteiger partial charge on any atom is -0.353 e. The Hall–Kier alpha value is -3.45. The van der Waals surface area contributed by atoms with Gasteiger partial charge in [-0.3, -0.25) is 4.79 Å². The molecule has 4 aromatic rings. The van der Waals surface area contributed by atoms with Gasteiger partial charge in [-0.1, -0.05) is 48.0 Å². The van der Waals surface area contributed by atoms with Crippen molar-refractivity contribution < 1.29 is 4.79 Å². The highest BCUT2D eigenvalue weighted by Crippen LogP contribution is 2.29. The molecule has 0 bridgehead atoms. The van der Waals surface area contributed by atoms with Crippen LogP contribution in [0.4, 0.5) is 5.82 Å². The van der Waals surface area contributed by atoms with E-state index in [4.69, 9.17) is 26.6 Å². The van der Waals surface area contributed by atoms with Gasteiger partial charge in [0.25, 0.3) is 0 Å². The molecule has 1 aliphatic heterocycles. The van der Waals surface area contributed by atoms with E-state index in [1.54, 1.807) is 0 Å². The van der Waals surface area contributed by atoms with E-state index in [1.807, 2.05) is 59.1 Å². The van der Waals surface area contributed by atoms with Gasteiger partial charge in [-0.15, -0.1) is 0 Å². The highest BCUT2D eigenvalue weighted by molar-refractivity contribution is 6.35. The third-order valence-electron chi connectivity index (χ3n) is 5.66. The van der Waals surface area contributed by atoms with Gasteiger partial charge in [0.05, 0.1) is 22.8 Å². The van der Waals surface area contributed by atoms with Gasteiger partial charge >= 0.3 is 0 Å². The molecule has 162 valence electrons. The third kappa shape index (κ3) is 4.03. The molecular weight excluding hydrogens is 424 g/mol. The molecule has 0 radical (unpaired) electrons. The first-order chi connectivity index (χ1) is 15.6. The minimum atomic E-state index is -0.00644. The van der Waals surface area contributed by atoms with E-state index in [2.05, 4.69) is 17.4 Å². The van der Waals surface area contributed by atoms with Crippen LogP contribution in [-0.2, 0) is 24.7 Å². The standard InChI is InChI=1S/C24H23ClN6O/c1-30-14-19(16-6-3-2-4-7-16)27-21(30)11-10-20-28-23-17(8-5-9-18(23)25)24(29-20)31-13-12-26-22(32)15-31/h2-9,14H,10-13,15H2,1H3,(H,26,32). The fraction of sp³-hybridized carbons (Fsp3) is 0.250. The molecule has 2 aromatic heterocycles. The van der Waals surface area contributed by atoms with Crippen molar-refractivity contribution in [3.05, 3.63) is 71.4 Å². The molecule has 7 nitrogen and oxygen atoms in total. The van der Waals surface area contributed by atoms with Crippen molar-refractivity contribution in [1.82, 2.24) is 24.8 Å². The number of benzene rings is 2. The normalized spacial score (nSPS) is 14.1. The van der Waals surface area contributed by atoms with Crippen molar-refractivity contribution in [2.45, 2.75) is 12.8 Å². The Morgan fingerprint density at radius 1 is 1.03 bits per heavy atom. The number of hydrogen-bond donors (Lipinski definition) is 1. The van der Waals surface area contributed by atoms with Crippen LogP contribution in [0.5, 0.6) is 0 Å². The molecule has 5 rings (SSSR count). The number of piperazine rings is 1. The molecule has 0 spiro atoms. The van der Waals surface area contributed by atoms with E-state index in [0.29, 0.717) is 42.3 Å². The van der Waals surface area contributed by atoms with Crippen LogP contribution in [0.15, 0.2) is 54.7 Å². The lowest BCUT2D eigenvalue weighted by molar-refractivity contribution is -0.120. The maximum absolute atomic E-state index is 12.0. The molecule has 3 heterocycles. The molecule has 0 atom stereocenters. The maximum Gasteiger partial charge on any atom is 0.239 e. The van der Waals surface area contributed by atoms with Crippen molar-refractivity contribution in [3.63, 3.8) is 0 Å². The number of fused-ring (bicyclic) bond motifs is 1. The van der Waals surface area contributed by atoms with Gasteiger partial charge in [-0.05, 0) is 12.1 Å². The van der Waals surface area contributed by atoms with E-state index in [0.717, 1.165) is 28.3 Å². The van der Waals surface area contributed by atoms with Crippen LogP contribution in [0.3, 0.4) is 0 Å². The van der Waals surface area contributed by atoms with Crippen molar-refractivity contribution in [1.29, 1.82) is 0 Å². The summed E-state index contributed by atoms with van der Waals surface area (Å²) in [5.41, 5.74) is 2.75. The summed E-state index contributed by atoms with van der Waals surface area (Å²) >= 11 is 6.48. The summed E-state index contributed by atoms with van der Waals surface area (Å²) < 4.78 is 2.05. The molecule has 8 heteroatoms. The second-order valence-electron chi connectivity index (χ2n) is 7.89. The number of amides is 1. The van der Waals surface area contributed by atoms with Gasteiger partial charge in [0.1, 0.15) is 17.5 Å². The third-order valence-corrected chi connectivity index (χ3v) is 5.96. The Balaban J connectivity index is 1.45. The smallest absolute Gasteiger partial charge is 0.239 e. The molecule has 1 N–H and O–H groups in total. The Labute approximate surface area is 191 Å². The van der Waals surface area contributed by atoms with E-state index < -0.39 is 0 Å². The predicted octanol–water partition coefficient (Wildman–Crippen LogP) is 3.41. The summed E-state index contributed by atoms with van der Waals surface area (Å²) in [5.74, 6) is 2.40. The van der Waals surface area contributed by atoms with Crippen LogP contribution < -0.4 is 10.2 Å². The SMILES string of the molecule is Cn1cc(-c2ccccc2)nc1CCc1nc(N2CCNC(=O)C2)c2cccc(Cl)c2n1. The van der Waals surface area contributed by atoms with Crippen LogP contribution in [-0.4, -0.2) is 45.1 Å². The summed E-state index contributed by atoms with van der Waals surface area (Å²) in [5, 5.41) is 4.30. The molecule has 0 aliphatic carbocycles. The number of imidazole rings is 1. The van der Waals surface area contributed by atoms with E-state index in [1.165, 1.54) is 0 Å². The first-order valence-corrected chi connectivity index (χ1v) is 11.0. The van der Waals surface area contributed by atoms with Gasteiger partial charge in [-0.2, -0.15) is 0 Å². The zero-order chi connectivity index (χ0) is 22.1. The molecule has 0 unspecified atom stereocenters. The minimum absolute atomic E-state index is 0.00644. The van der Waals surface area contributed by atoms with Crippen molar-refractivity contribution >= 4 is 34.2 Å². The average molecular weight is 447 g/mol. The van der Waals surface area contributed by atoms with E-state index in [9.17, 15) is 4.79 Å². The number of nitrogens with zero attached hydrogens (tertiary/aromatic N) is 5. The first kappa shape index (κ1) is 20.5. The lowest BCUT2D eigenvalue weighted by atomic mass is 10.2. The Bertz CT molecular complexity index is 1290. The van der Waals surface area contributed by atoms with Crippen molar-refractivity contribution in [3.8, 4) is 11.3 Å². The lowest BCUT2D eigenvalue weighted by Gasteiger charge is -2.28. The average Bonchev–Trinajstić information content (AvgIpc) is 3.19. The van der Waals surface area contributed by atoms with Crippen LogP contribution in [0.1, 0.15) is 11.6 Å². The zero-order valence-electron chi connectivity index (χ0n) is 17.8. The second kappa shape index (κ2) is 8.59. The van der Waals surface area contributed by atoms with Crippen LogP contribution in [0.2, 0.25) is 5.02 Å². The van der Waals surface area contributed by atoms with Gasteiger partial charge in [0.15, 0.2) is 0 Å². The largest absolute Gasteiger partial charge is 0.353 e. The Morgan fingerprint density at radius 2 is 1.88 bits per heavy atom. The Kier molecular flexibility index (Phi) is 5.49. The van der Waals surface area contributed by atoms with E-state index >= 15 is 0 Å². The summed E-state index contributed by atoms with van der Waals surface area (Å²) in [6.07, 6.45) is 3.35. The summed E-state index contributed by atoms with van der Waals surface area (Å²) in [6.45, 7) is 1.57. The van der Waals surface area contributed by atoms with Gasteiger partial charge in [0, 0.05) is 50.1 Å². The number of nitrogens with one attached hydrogen (secondary N) is 1. The highest BCUT2D eigenvalue weighted by Gasteiger charge is 2.21. The summed E-state index contributed by atoms with van der Waals surface area (Å²) in [4.78, 5) is 28.4.